The van der Waals surface area contributed by atoms with E-state index in [0.29, 0.717) is 12.1 Å². The molecule has 1 aromatic rings. The Morgan fingerprint density at radius 1 is 1.44 bits per heavy atom. The van der Waals surface area contributed by atoms with E-state index in [2.05, 4.69) is 11.6 Å². The predicted molar refractivity (Wildman–Crippen MR) is 64.2 cm³/mol. The monoisotopic (exact) mass is 239 g/mol. The Labute approximate surface area is 98.6 Å². The van der Waals surface area contributed by atoms with E-state index in [0.717, 1.165) is 12.8 Å². The van der Waals surface area contributed by atoms with E-state index in [-0.39, 0.29) is 16.5 Å². The first kappa shape index (κ1) is 11.5. The molecule has 1 aromatic carbocycles. The van der Waals surface area contributed by atoms with Crippen LogP contribution in [0.2, 0.25) is 0 Å². The van der Waals surface area contributed by atoms with Crippen molar-refractivity contribution in [2.24, 2.45) is 0 Å². The van der Waals surface area contributed by atoms with E-state index < -0.39 is 0 Å². The van der Waals surface area contributed by atoms with Gasteiger partial charge in [0.15, 0.2) is 0 Å². The van der Waals surface area contributed by atoms with Crippen molar-refractivity contribution in [1.29, 1.82) is 0 Å². The zero-order valence-electron chi connectivity index (χ0n) is 9.13. The number of hydrogen-bond acceptors (Lipinski definition) is 2. The minimum absolute atomic E-state index is 0.125. The lowest BCUT2D eigenvalue weighted by atomic mass is 10.2. The van der Waals surface area contributed by atoms with Crippen LogP contribution in [0.5, 0.6) is 0 Å². The normalized spacial score (nSPS) is 16.9. The van der Waals surface area contributed by atoms with Crippen LogP contribution >= 0.6 is 11.8 Å². The Kier molecular flexibility index (Phi) is 3.19. The number of carbonyl (C=O) groups is 1. The molecule has 0 radical (unpaired) electrons. The average Bonchev–Trinajstić information content (AvgIpc) is 3.08. The molecule has 0 bridgehead atoms. The maximum atomic E-state index is 12.7. The lowest BCUT2D eigenvalue weighted by molar-refractivity contribution is 0.0953. The first-order valence-electron chi connectivity index (χ1n) is 5.24. The molecule has 0 aliphatic heterocycles. The van der Waals surface area contributed by atoms with Gasteiger partial charge in [-0.05, 0) is 43.4 Å². The number of thioether (sulfide) groups is 1. The fourth-order valence-corrected chi connectivity index (χ4v) is 2.26. The highest BCUT2D eigenvalue weighted by atomic mass is 32.2. The maximum absolute atomic E-state index is 12.7. The summed E-state index contributed by atoms with van der Waals surface area (Å²) in [6, 6.07) is 5.61. The maximum Gasteiger partial charge on any atom is 0.251 e. The highest BCUT2D eigenvalue weighted by Crippen LogP contribution is 2.46. The smallest absolute Gasteiger partial charge is 0.251 e. The molecule has 1 aliphatic carbocycles. The van der Waals surface area contributed by atoms with Gasteiger partial charge >= 0.3 is 0 Å². The summed E-state index contributed by atoms with van der Waals surface area (Å²) >= 11 is 1.80. The molecule has 1 fully saturated rings. The van der Waals surface area contributed by atoms with Gasteiger partial charge in [-0.1, -0.05) is 0 Å². The van der Waals surface area contributed by atoms with E-state index in [1.54, 1.807) is 11.8 Å². The molecule has 86 valence electrons. The van der Waals surface area contributed by atoms with E-state index >= 15 is 0 Å². The molecule has 2 rings (SSSR count). The fourth-order valence-electron chi connectivity index (χ4n) is 1.54. The van der Waals surface area contributed by atoms with Crippen LogP contribution in [0.15, 0.2) is 24.3 Å². The van der Waals surface area contributed by atoms with Gasteiger partial charge in [0, 0.05) is 16.9 Å². The molecule has 1 aliphatic rings. The van der Waals surface area contributed by atoms with Crippen molar-refractivity contribution in [2.75, 3.05) is 12.8 Å². The van der Waals surface area contributed by atoms with Crippen molar-refractivity contribution in [3.8, 4) is 0 Å². The molecule has 4 heteroatoms. The summed E-state index contributed by atoms with van der Waals surface area (Å²) in [6.07, 6.45) is 4.40. The molecular weight excluding hydrogens is 225 g/mol. The Morgan fingerprint density at radius 2 is 2.06 bits per heavy atom. The standard InChI is InChI=1S/C12H14FNOS/c1-16-12(6-7-12)8-14-11(15)9-2-4-10(13)5-3-9/h2-5H,6-8H2,1H3,(H,14,15). The number of benzene rings is 1. The average molecular weight is 239 g/mol. The number of rotatable bonds is 4. The molecule has 16 heavy (non-hydrogen) atoms. The van der Waals surface area contributed by atoms with Crippen molar-refractivity contribution >= 4 is 17.7 Å². The lowest BCUT2D eigenvalue weighted by Crippen LogP contribution is -2.31. The van der Waals surface area contributed by atoms with Gasteiger partial charge in [0.2, 0.25) is 0 Å². The molecule has 0 atom stereocenters. The van der Waals surface area contributed by atoms with Crippen LogP contribution in [0.4, 0.5) is 4.39 Å². The first-order valence-corrected chi connectivity index (χ1v) is 6.47. The van der Waals surface area contributed by atoms with Crippen molar-refractivity contribution in [3.05, 3.63) is 35.6 Å². The molecule has 1 amide bonds. The molecule has 0 aromatic heterocycles. The third-order valence-corrected chi connectivity index (χ3v) is 4.34. The minimum atomic E-state index is -0.320. The van der Waals surface area contributed by atoms with Gasteiger partial charge in [-0.2, -0.15) is 11.8 Å². The van der Waals surface area contributed by atoms with Crippen LogP contribution in [-0.2, 0) is 0 Å². The minimum Gasteiger partial charge on any atom is -0.351 e. The topological polar surface area (TPSA) is 29.1 Å². The predicted octanol–water partition coefficient (Wildman–Crippen LogP) is 2.45. The lowest BCUT2D eigenvalue weighted by Gasteiger charge is -2.12. The third kappa shape index (κ3) is 2.55. The summed E-state index contributed by atoms with van der Waals surface area (Å²) in [7, 11) is 0. The van der Waals surface area contributed by atoms with E-state index in [1.807, 2.05) is 0 Å². The molecule has 0 unspecified atom stereocenters. The van der Waals surface area contributed by atoms with Gasteiger partial charge < -0.3 is 5.32 Å². The molecule has 1 saturated carbocycles. The summed E-state index contributed by atoms with van der Waals surface area (Å²) in [5.41, 5.74) is 0.512. The van der Waals surface area contributed by atoms with Crippen LogP contribution in [0.3, 0.4) is 0 Å². The SMILES string of the molecule is CSC1(CNC(=O)c2ccc(F)cc2)CC1. The fraction of sp³-hybridized carbons (Fsp3) is 0.417. The third-order valence-electron chi connectivity index (χ3n) is 2.92. The highest BCUT2D eigenvalue weighted by molar-refractivity contribution is 8.00. The molecular formula is C12H14FNOS. The van der Waals surface area contributed by atoms with Crippen molar-refractivity contribution < 1.29 is 9.18 Å². The second-order valence-corrected chi connectivity index (χ2v) is 5.35. The number of carbonyl (C=O) groups excluding carboxylic acids is 1. The van der Waals surface area contributed by atoms with Crippen LogP contribution in [0, 0.1) is 5.82 Å². The van der Waals surface area contributed by atoms with Crippen molar-refractivity contribution in [1.82, 2.24) is 5.32 Å². The van der Waals surface area contributed by atoms with Crippen molar-refractivity contribution in [2.45, 2.75) is 17.6 Å². The second-order valence-electron chi connectivity index (χ2n) is 4.08. The van der Waals surface area contributed by atoms with Gasteiger partial charge in [0.1, 0.15) is 5.82 Å². The molecule has 1 N–H and O–H groups in total. The van der Waals surface area contributed by atoms with Crippen LogP contribution < -0.4 is 5.32 Å². The van der Waals surface area contributed by atoms with Crippen LogP contribution in [0.25, 0.3) is 0 Å². The quantitative estimate of drug-likeness (QED) is 0.874. The number of halogens is 1. The van der Waals surface area contributed by atoms with Gasteiger partial charge in [0.05, 0.1) is 0 Å². The largest absolute Gasteiger partial charge is 0.351 e. The summed E-state index contributed by atoms with van der Waals surface area (Å²) in [5, 5.41) is 2.89. The Balaban J connectivity index is 1.91. The zero-order chi connectivity index (χ0) is 11.6. The second kappa shape index (κ2) is 4.45. The first-order chi connectivity index (χ1) is 7.65. The van der Waals surface area contributed by atoms with Gasteiger partial charge in [-0.25, -0.2) is 4.39 Å². The van der Waals surface area contributed by atoms with Gasteiger partial charge in [-0.15, -0.1) is 0 Å². The summed E-state index contributed by atoms with van der Waals surface area (Å²) < 4.78 is 12.9. The number of hydrogen-bond donors (Lipinski definition) is 1. The van der Waals surface area contributed by atoms with Gasteiger partial charge in [-0.3, -0.25) is 4.79 Å². The zero-order valence-corrected chi connectivity index (χ0v) is 9.94. The Hall–Kier alpha value is -1.03. The molecule has 0 spiro atoms. The van der Waals surface area contributed by atoms with E-state index in [4.69, 9.17) is 0 Å². The Bertz CT molecular complexity index is 387. The van der Waals surface area contributed by atoms with E-state index in [1.165, 1.54) is 24.3 Å². The Morgan fingerprint density at radius 3 is 2.56 bits per heavy atom. The molecule has 0 saturated heterocycles. The molecule has 0 heterocycles. The summed E-state index contributed by atoms with van der Waals surface area (Å²) in [4.78, 5) is 11.7. The van der Waals surface area contributed by atoms with E-state index in [9.17, 15) is 9.18 Å². The number of nitrogens with one attached hydrogen (secondary N) is 1. The van der Waals surface area contributed by atoms with Gasteiger partial charge in [0.25, 0.3) is 5.91 Å². The number of amides is 1. The van der Waals surface area contributed by atoms with Crippen LogP contribution in [-0.4, -0.2) is 23.5 Å². The van der Waals surface area contributed by atoms with Crippen LogP contribution in [0.1, 0.15) is 23.2 Å². The summed E-state index contributed by atoms with van der Waals surface area (Å²) in [6.45, 7) is 0.699. The molecule has 2 nitrogen and oxygen atoms in total. The summed E-state index contributed by atoms with van der Waals surface area (Å²) in [5.74, 6) is -0.445. The van der Waals surface area contributed by atoms with Crippen molar-refractivity contribution in [3.63, 3.8) is 0 Å². The highest BCUT2D eigenvalue weighted by Gasteiger charge is 2.41.